The predicted molar refractivity (Wildman–Crippen MR) is 79.7 cm³/mol. The zero-order valence-electron chi connectivity index (χ0n) is 13.0. The van der Waals surface area contributed by atoms with Crippen LogP contribution < -0.4 is 11.1 Å². The SMILES string of the molecule is CCOCC(NC(=O)c1n[nH]c(C(C)C)c1N)C(C)C. The highest BCUT2D eigenvalue weighted by Gasteiger charge is 2.22. The maximum Gasteiger partial charge on any atom is 0.274 e. The van der Waals surface area contributed by atoms with Crippen LogP contribution in [0.15, 0.2) is 0 Å². The fourth-order valence-electron chi connectivity index (χ4n) is 1.86. The van der Waals surface area contributed by atoms with Crippen LogP contribution in [0.3, 0.4) is 0 Å². The number of H-pyrrole nitrogens is 1. The van der Waals surface area contributed by atoms with Crippen LogP contribution in [-0.4, -0.2) is 35.4 Å². The summed E-state index contributed by atoms with van der Waals surface area (Å²) in [6.07, 6.45) is 0. The Bertz CT molecular complexity index is 440. The van der Waals surface area contributed by atoms with E-state index in [1.54, 1.807) is 0 Å². The van der Waals surface area contributed by atoms with E-state index in [1.807, 2.05) is 34.6 Å². The molecule has 4 N–H and O–H groups in total. The average Bonchev–Trinajstić information content (AvgIpc) is 2.75. The molecule has 6 nitrogen and oxygen atoms in total. The van der Waals surface area contributed by atoms with Crippen LogP contribution in [0.2, 0.25) is 0 Å². The lowest BCUT2D eigenvalue weighted by Gasteiger charge is -2.21. The van der Waals surface area contributed by atoms with Crippen molar-refractivity contribution in [3.05, 3.63) is 11.4 Å². The van der Waals surface area contributed by atoms with Gasteiger partial charge >= 0.3 is 0 Å². The number of hydrogen-bond donors (Lipinski definition) is 3. The van der Waals surface area contributed by atoms with E-state index in [0.29, 0.717) is 18.9 Å². The second-order valence-electron chi connectivity index (χ2n) is 5.54. The number of hydrogen-bond acceptors (Lipinski definition) is 4. The van der Waals surface area contributed by atoms with Crippen LogP contribution in [0.4, 0.5) is 5.69 Å². The lowest BCUT2D eigenvalue weighted by atomic mass is 10.0. The summed E-state index contributed by atoms with van der Waals surface area (Å²) >= 11 is 0. The summed E-state index contributed by atoms with van der Waals surface area (Å²) in [5.41, 5.74) is 7.45. The van der Waals surface area contributed by atoms with Gasteiger partial charge in [-0.15, -0.1) is 0 Å². The molecule has 0 saturated carbocycles. The molecule has 20 heavy (non-hydrogen) atoms. The van der Waals surface area contributed by atoms with E-state index in [1.165, 1.54) is 0 Å². The molecule has 1 aromatic rings. The van der Waals surface area contributed by atoms with E-state index in [9.17, 15) is 4.79 Å². The first-order chi connectivity index (χ1) is 9.38. The fraction of sp³-hybridized carbons (Fsp3) is 0.714. The van der Waals surface area contributed by atoms with E-state index < -0.39 is 0 Å². The molecule has 0 aliphatic rings. The van der Waals surface area contributed by atoms with Gasteiger partial charge in [0.25, 0.3) is 5.91 Å². The predicted octanol–water partition coefficient (Wildman–Crippen LogP) is 1.91. The molecular weight excluding hydrogens is 256 g/mol. The van der Waals surface area contributed by atoms with Gasteiger partial charge in [-0.2, -0.15) is 5.10 Å². The first-order valence-corrected chi connectivity index (χ1v) is 7.10. The molecule has 0 bridgehead atoms. The number of aromatic nitrogens is 2. The van der Waals surface area contributed by atoms with E-state index in [-0.39, 0.29) is 29.5 Å². The van der Waals surface area contributed by atoms with Crippen LogP contribution in [-0.2, 0) is 4.74 Å². The Labute approximate surface area is 120 Å². The molecule has 1 aromatic heterocycles. The molecule has 0 radical (unpaired) electrons. The first-order valence-electron chi connectivity index (χ1n) is 7.10. The average molecular weight is 282 g/mol. The minimum absolute atomic E-state index is 0.0546. The molecule has 1 heterocycles. The van der Waals surface area contributed by atoms with Gasteiger partial charge in [-0.25, -0.2) is 0 Å². The molecule has 1 unspecified atom stereocenters. The van der Waals surface area contributed by atoms with Crippen LogP contribution in [0.5, 0.6) is 0 Å². The number of anilines is 1. The summed E-state index contributed by atoms with van der Waals surface area (Å²) in [5, 5.41) is 9.79. The quantitative estimate of drug-likeness (QED) is 0.712. The minimum atomic E-state index is -0.260. The number of amides is 1. The zero-order valence-corrected chi connectivity index (χ0v) is 13.0. The highest BCUT2D eigenvalue weighted by atomic mass is 16.5. The standard InChI is InChI=1S/C14H26N4O2/c1-6-20-7-10(8(2)3)16-14(19)13-11(15)12(9(4)5)17-18-13/h8-10H,6-7,15H2,1-5H3,(H,16,19)(H,17,18). The van der Waals surface area contributed by atoms with Crippen molar-refractivity contribution < 1.29 is 9.53 Å². The number of ether oxygens (including phenoxy) is 1. The van der Waals surface area contributed by atoms with Crippen LogP contribution in [0.1, 0.15) is 56.7 Å². The second-order valence-corrected chi connectivity index (χ2v) is 5.54. The first kappa shape index (κ1) is 16.5. The second kappa shape index (κ2) is 7.28. The van der Waals surface area contributed by atoms with Gasteiger partial charge in [0.05, 0.1) is 24.0 Å². The third kappa shape index (κ3) is 3.96. The highest BCUT2D eigenvalue weighted by Crippen LogP contribution is 2.22. The maximum absolute atomic E-state index is 12.3. The minimum Gasteiger partial charge on any atom is -0.395 e. The summed E-state index contributed by atoms with van der Waals surface area (Å²) in [5.74, 6) is 0.215. The molecule has 0 aromatic carbocycles. The number of aromatic amines is 1. The zero-order chi connectivity index (χ0) is 15.3. The van der Waals surface area contributed by atoms with Crippen molar-refractivity contribution in [2.45, 2.75) is 46.6 Å². The summed E-state index contributed by atoms with van der Waals surface area (Å²) in [6.45, 7) is 11.1. The molecular formula is C14H26N4O2. The van der Waals surface area contributed by atoms with Gasteiger partial charge in [0, 0.05) is 6.61 Å². The number of nitrogen functional groups attached to an aromatic ring is 1. The Morgan fingerprint density at radius 3 is 2.50 bits per heavy atom. The maximum atomic E-state index is 12.3. The lowest BCUT2D eigenvalue weighted by molar-refractivity contribution is 0.0802. The van der Waals surface area contributed by atoms with Crippen molar-refractivity contribution in [2.75, 3.05) is 18.9 Å². The van der Waals surface area contributed by atoms with Crippen LogP contribution in [0, 0.1) is 5.92 Å². The Hall–Kier alpha value is -1.56. The molecule has 114 valence electrons. The van der Waals surface area contributed by atoms with E-state index in [2.05, 4.69) is 15.5 Å². The topological polar surface area (TPSA) is 93.0 Å². The van der Waals surface area contributed by atoms with Crippen molar-refractivity contribution in [1.29, 1.82) is 0 Å². The third-order valence-electron chi connectivity index (χ3n) is 3.25. The van der Waals surface area contributed by atoms with Gasteiger partial charge in [-0.1, -0.05) is 27.7 Å². The summed E-state index contributed by atoms with van der Waals surface area (Å²) in [7, 11) is 0. The largest absolute Gasteiger partial charge is 0.395 e. The van der Waals surface area contributed by atoms with Crippen molar-refractivity contribution in [3.63, 3.8) is 0 Å². The van der Waals surface area contributed by atoms with E-state index in [0.717, 1.165) is 5.69 Å². The molecule has 0 aliphatic carbocycles. The summed E-state index contributed by atoms with van der Waals surface area (Å²) in [4.78, 5) is 12.3. The molecule has 0 aliphatic heterocycles. The van der Waals surface area contributed by atoms with Gasteiger partial charge in [0.15, 0.2) is 5.69 Å². The number of nitrogens with one attached hydrogen (secondary N) is 2. The highest BCUT2D eigenvalue weighted by molar-refractivity contribution is 5.97. The Balaban J connectivity index is 2.79. The van der Waals surface area contributed by atoms with Crippen molar-refractivity contribution in [1.82, 2.24) is 15.5 Å². The molecule has 1 amide bonds. The Kier molecular flexibility index (Phi) is 6.01. The lowest BCUT2D eigenvalue weighted by Crippen LogP contribution is -2.42. The molecule has 0 fully saturated rings. The number of carbonyl (C=O) groups excluding carboxylic acids is 1. The van der Waals surface area contributed by atoms with Crippen molar-refractivity contribution in [3.8, 4) is 0 Å². The fourth-order valence-corrected chi connectivity index (χ4v) is 1.86. The third-order valence-corrected chi connectivity index (χ3v) is 3.25. The molecule has 0 saturated heterocycles. The number of rotatable bonds is 7. The van der Waals surface area contributed by atoms with E-state index >= 15 is 0 Å². The summed E-state index contributed by atoms with van der Waals surface area (Å²) in [6, 6.07) is -0.0546. The molecule has 0 spiro atoms. The van der Waals surface area contributed by atoms with Crippen LogP contribution in [0.25, 0.3) is 0 Å². The normalized spacial score (nSPS) is 12.9. The van der Waals surface area contributed by atoms with Gasteiger partial charge in [-0.3, -0.25) is 9.89 Å². The monoisotopic (exact) mass is 282 g/mol. The van der Waals surface area contributed by atoms with Gasteiger partial charge in [-0.05, 0) is 18.8 Å². The summed E-state index contributed by atoms with van der Waals surface area (Å²) < 4.78 is 5.39. The molecule has 6 heteroatoms. The van der Waals surface area contributed by atoms with Crippen LogP contribution >= 0.6 is 0 Å². The van der Waals surface area contributed by atoms with Gasteiger partial charge < -0.3 is 15.8 Å². The smallest absolute Gasteiger partial charge is 0.274 e. The number of carbonyl (C=O) groups is 1. The van der Waals surface area contributed by atoms with Gasteiger partial charge in [0.1, 0.15) is 0 Å². The Morgan fingerprint density at radius 2 is 2.05 bits per heavy atom. The van der Waals surface area contributed by atoms with Crippen molar-refractivity contribution in [2.24, 2.45) is 5.92 Å². The number of nitrogens with zero attached hydrogens (tertiary/aromatic N) is 1. The number of nitrogens with two attached hydrogens (primary N) is 1. The Morgan fingerprint density at radius 1 is 1.40 bits per heavy atom. The van der Waals surface area contributed by atoms with Gasteiger partial charge in [0.2, 0.25) is 0 Å². The van der Waals surface area contributed by atoms with E-state index in [4.69, 9.17) is 10.5 Å². The molecule has 1 atom stereocenters. The van der Waals surface area contributed by atoms with Crippen molar-refractivity contribution >= 4 is 11.6 Å². The molecule has 1 rings (SSSR count).